The molecule has 1 aliphatic heterocycles. The Bertz CT molecular complexity index is 1360. The fourth-order valence-electron chi connectivity index (χ4n) is 4.75. The number of ketones is 1. The molecular formula is C33H37NO5. The molecule has 0 aromatic heterocycles. The summed E-state index contributed by atoms with van der Waals surface area (Å²) >= 11 is 0. The van der Waals surface area contributed by atoms with E-state index in [1.54, 1.807) is 24.3 Å². The Morgan fingerprint density at radius 3 is 2.21 bits per heavy atom. The Balaban J connectivity index is 1.81. The van der Waals surface area contributed by atoms with Crippen LogP contribution in [0.5, 0.6) is 11.5 Å². The van der Waals surface area contributed by atoms with E-state index in [0.717, 1.165) is 22.4 Å². The summed E-state index contributed by atoms with van der Waals surface area (Å²) in [5.41, 5.74) is 3.17. The Labute approximate surface area is 230 Å². The maximum atomic E-state index is 13.5. The quantitative estimate of drug-likeness (QED) is 0.198. The molecule has 39 heavy (non-hydrogen) atoms. The molecule has 6 nitrogen and oxygen atoms in total. The van der Waals surface area contributed by atoms with Crippen molar-refractivity contribution in [3.63, 3.8) is 0 Å². The summed E-state index contributed by atoms with van der Waals surface area (Å²) in [7, 11) is 0. The van der Waals surface area contributed by atoms with E-state index in [2.05, 4.69) is 20.8 Å². The number of likely N-dealkylation sites (tertiary alicyclic amines) is 1. The fraction of sp³-hybridized carbons (Fsp3) is 0.333. The number of ether oxygens (including phenoxy) is 2. The molecule has 0 spiro atoms. The predicted molar refractivity (Wildman–Crippen MR) is 153 cm³/mol. The van der Waals surface area contributed by atoms with Crippen molar-refractivity contribution in [2.24, 2.45) is 0 Å². The fourth-order valence-corrected chi connectivity index (χ4v) is 4.75. The summed E-state index contributed by atoms with van der Waals surface area (Å²) in [5.74, 6) is -0.269. The van der Waals surface area contributed by atoms with Crippen LogP contribution in [0.2, 0.25) is 0 Å². The molecule has 1 N–H and O–H groups in total. The van der Waals surface area contributed by atoms with Crippen LogP contribution in [-0.4, -0.2) is 34.4 Å². The van der Waals surface area contributed by atoms with Gasteiger partial charge in [-0.15, -0.1) is 0 Å². The summed E-state index contributed by atoms with van der Waals surface area (Å²) in [6, 6.07) is 21.6. The lowest BCUT2D eigenvalue weighted by Gasteiger charge is -2.27. The van der Waals surface area contributed by atoms with Crippen LogP contribution in [0.15, 0.2) is 78.4 Å². The lowest BCUT2D eigenvalue weighted by molar-refractivity contribution is -0.140. The Morgan fingerprint density at radius 1 is 0.949 bits per heavy atom. The monoisotopic (exact) mass is 527 g/mol. The minimum Gasteiger partial charge on any atom is -0.507 e. The summed E-state index contributed by atoms with van der Waals surface area (Å²) in [5, 5.41) is 11.5. The normalized spacial score (nSPS) is 17.1. The first kappa shape index (κ1) is 28.0. The zero-order valence-electron chi connectivity index (χ0n) is 23.5. The molecule has 3 aromatic rings. The molecule has 204 valence electrons. The number of rotatable bonds is 8. The summed E-state index contributed by atoms with van der Waals surface area (Å²) in [4.78, 5) is 28.4. The number of aliphatic hydroxyl groups excluding tert-OH is 1. The second kappa shape index (κ2) is 11.4. The predicted octanol–water partition coefficient (Wildman–Crippen LogP) is 6.79. The van der Waals surface area contributed by atoms with Gasteiger partial charge in [0.25, 0.3) is 11.7 Å². The third kappa shape index (κ3) is 6.17. The van der Waals surface area contributed by atoms with Gasteiger partial charge >= 0.3 is 0 Å². The molecule has 0 saturated carbocycles. The molecule has 3 aromatic carbocycles. The van der Waals surface area contributed by atoms with Crippen LogP contribution < -0.4 is 9.47 Å². The molecule has 0 radical (unpaired) electrons. The minimum absolute atomic E-state index is 0.0524. The number of hydrogen-bond acceptors (Lipinski definition) is 5. The highest BCUT2D eigenvalue weighted by Gasteiger charge is 2.46. The number of carbonyl (C=O) groups excluding carboxylic acids is 2. The smallest absolute Gasteiger partial charge is 0.295 e. The third-order valence-corrected chi connectivity index (χ3v) is 6.70. The number of Topliss-reactive ketones (excluding diaryl/α,β-unsaturated/α-hetero) is 1. The van der Waals surface area contributed by atoms with Gasteiger partial charge in [0, 0.05) is 12.1 Å². The van der Waals surface area contributed by atoms with Crippen molar-refractivity contribution in [1.82, 2.24) is 4.90 Å². The van der Waals surface area contributed by atoms with E-state index in [4.69, 9.17) is 9.47 Å². The second-order valence-corrected chi connectivity index (χ2v) is 11.1. The molecule has 0 aliphatic carbocycles. The zero-order chi connectivity index (χ0) is 28.3. The average molecular weight is 528 g/mol. The van der Waals surface area contributed by atoms with Crippen molar-refractivity contribution >= 4 is 17.4 Å². The molecule has 1 heterocycles. The third-order valence-electron chi connectivity index (χ3n) is 6.70. The van der Waals surface area contributed by atoms with Gasteiger partial charge in [-0.1, -0.05) is 69.3 Å². The van der Waals surface area contributed by atoms with Crippen LogP contribution in [0.4, 0.5) is 0 Å². The molecule has 0 bridgehead atoms. The molecular weight excluding hydrogens is 490 g/mol. The average Bonchev–Trinajstić information content (AvgIpc) is 3.14. The maximum Gasteiger partial charge on any atom is 0.295 e. The number of hydrogen-bond donors (Lipinski definition) is 1. The van der Waals surface area contributed by atoms with E-state index in [1.807, 2.05) is 69.3 Å². The molecule has 1 amide bonds. The highest BCUT2D eigenvalue weighted by atomic mass is 16.5. The van der Waals surface area contributed by atoms with Crippen molar-refractivity contribution in [3.05, 3.63) is 101 Å². The van der Waals surface area contributed by atoms with E-state index in [0.29, 0.717) is 17.9 Å². The van der Waals surface area contributed by atoms with E-state index in [1.165, 1.54) is 4.90 Å². The Morgan fingerprint density at radius 2 is 1.62 bits per heavy atom. The first-order chi connectivity index (χ1) is 18.5. The largest absolute Gasteiger partial charge is 0.507 e. The van der Waals surface area contributed by atoms with Crippen molar-refractivity contribution in [1.29, 1.82) is 0 Å². The van der Waals surface area contributed by atoms with Gasteiger partial charge in [0.2, 0.25) is 0 Å². The van der Waals surface area contributed by atoms with Gasteiger partial charge in [0.05, 0.1) is 24.3 Å². The lowest BCUT2D eigenvalue weighted by atomic mass is 9.85. The van der Waals surface area contributed by atoms with Gasteiger partial charge in [0.15, 0.2) is 0 Å². The van der Waals surface area contributed by atoms with Crippen LogP contribution in [0.3, 0.4) is 0 Å². The molecule has 1 fully saturated rings. The number of aliphatic hydroxyl groups is 1. The van der Waals surface area contributed by atoms with Gasteiger partial charge in [-0.05, 0) is 67.1 Å². The number of carbonyl (C=O) groups is 2. The number of nitrogens with zero attached hydrogens (tertiary/aromatic N) is 1. The molecule has 1 unspecified atom stereocenters. The van der Waals surface area contributed by atoms with Crippen LogP contribution in [0, 0.1) is 0 Å². The maximum absolute atomic E-state index is 13.5. The summed E-state index contributed by atoms with van der Waals surface area (Å²) in [6.07, 6.45) is -0.0524. The SMILES string of the molecule is CCOc1ccc(CN2C(=O)C(=O)/C(=C(\O)c3cccc(OC(C)C)c3)C2c2ccc(C(C)(C)C)cc2)cc1. The van der Waals surface area contributed by atoms with Gasteiger partial charge in [-0.2, -0.15) is 0 Å². The summed E-state index contributed by atoms with van der Waals surface area (Å²) < 4.78 is 11.3. The van der Waals surface area contributed by atoms with Gasteiger partial charge in [0.1, 0.15) is 17.3 Å². The molecule has 1 saturated heterocycles. The molecule has 1 atom stereocenters. The van der Waals surface area contributed by atoms with E-state index < -0.39 is 17.7 Å². The van der Waals surface area contributed by atoms with E-state index in [-0.39, 0.29) is 29.4 Å². The van der Waals surface area contributed by atoms with Gasteiger partial charge in [-0.3, -0.25) is 9.59 Å². The standard InChI is InChI=1S/C33H37NO5/c1-7-38-26-17-11-22(12-18-26)20-34-29(23-13-15-25(16-14-23)33(4,5)6)28(31(36)32(34)37)30(35)24-9-8-10-27(19-24)39-21(2)3/h8-19,21,29,35H,7,20H2,1-6H3/b30-28-. The van der Waals surface area contributed by atoms with Crippen LogP contribution in [-0.2, 0) is 21.5 Å². The van der Waals surface area contributed by atoms with E-state index >= 15 is 0 Å². The van der Waals surface area contributed by atoms with Crippen molar-refractivity contribution in [3.8, 4) is 11.5 Å². The van der Waals surface area contributed by atoms with Crippen LogP contribution in [0.25, 0.3) is 5.76 Å². The molecule has 1 aliphatic rings. The topological polar surface area (TPSA) is 76.1 Å². The first-order valence-electron chi connectivity index (χ1n) is 13.4. The second-order valence-electron chi connectivity index (χ2n) is 11.1. The van der Waals surface area contributed by atoms with Crippen LogP contribution in [0.1, 0.15) is 69.8 Å². The highest BCUT2D eigenvalue weighted by molar-refractivity contribution is 6.46. The number of amides is 1. The van der Waals surface area contributed by atoms with E-state index in [9.17, 15) is 14.7 Å². The summed E-state index contributed by atoms with van der Waals surface area (Å²) in [6.45, 7) is 12.9. The van der Waals surface area contributed by atoms with Crippen LogP contribution >= 0.6 is 0 Å². The van der Waals surface area contributed by atoms with Crippen molar-refractivity contribution in [2.45, 2.75) is 65.6 Å². The molecule has 6 heteroatoms. The lowest BCUT2D eigenvalue weighted by Crippen LogP contribution is -2.29. The Hall–Kier alpha value is -4.06. The number of benzene rings is 3. The van der Waals surface area contributed by atoms with Gasteiger partial charge < -0.3 is 19.5 Å². The Kier molecular flexibility index (Phi) is 8.14. The van der Waals surface area contributed by atoms with Crippen molar-refractivity contribution in [2.75, 3.05) is 6.61 Å². The zero-order valence-corrected chi connectivity index (χ0v) is 23.5. The van der Waals surface area contributed by atoms with Gasteiger partial charge in [-0.25, -0.2) is 0 Å². The first-order valence-corrected chi connectivity index (χ1v) is 13.4. The highest BCUT2D eigenvalue weighted by Crippen LogP contribution is 2.41. The van der Waals surface area contributed by atoms with Crippen molar-refractivity contribution < 1.29 is 24.2 Å². The molecule has 4 rings (SSSR count). The minimum atomic E-state index is -0.750.